The van der Waals surface area contributed by atoms with Crippen LogP contribution >= 0.6 is 11.8 Å². The Morgan fingerprint density at radius 1 is 0.971 bits per heavy atom. The number of methoxy groups -OCH3 is 1. The van der Waals surface area contributed by atoms with Crippen LogP contribution in [0.2, 0.25) is 0 Å². The molecule has 1 aromatic heterocycles. The number of hydrogen-bond acceptors (Lipinski definition) is 8. The second-order valence-electron chi connectivity index (χ2n) is 7.62. The Kier molecular flexibility index (Phi) is 6.74. The summed E-state index contributed by atoms with van der Waals surface area (Å²) in [6.07, 6.45) is 0. The number of anilines is 1. The quantitative estimate of drug-likeness (QED) is 0.313. The van der Waals surface area contributed by atoms with Crippen molar-refractivity contribution >= 4 is 35.2 Å². The van der Waals surface area contributed by atoms with E-state index >= 15 is 0 Å². The van der Waals surface area contributed by atoms with Crippen LogP contribution in [0.25, 0.3) is 0 Å². The summed E-state index contributed by atoms with van der Waals surface area (Å²) in [5.74, 6) is -1.41. The third kappa shape index (κ3) is 4.99. The predicted octanol–water partition coefficient (Wildman–Crippen LogP) is 3.86. The molecule has 1 aliphatic rings. The minimum atomic E-state index is -0.504. The van der Waals surface area contributed by atoms with Gasteiger partial charge in [-0.1, -0.05) is 36.4 Å². The van der Waals surface area contributed by atoms with E-state index in [0.717, 1.165) is 28.7 Å². The van der Waals surface area contributed by atoms with Crippen molar-refractivity contribution in [1.82, 2.24) is 14.9 Å². The van der Waals surface area contributed by atoms with Crippen LogP contribution in [0.1, 0.15) is 27.3 Å². The van der Waals surface area contributed by atoms with E-state index in [4.69, 9.17) is 4.74 Å². The van der Waals surface area contributed by atoms with Gasteiger partial charge in [-0.15, -0.1) is 0 Å². The second kappa shape index (κ2) is 9.88. The topological polar surface area (TPSA) is 101 Å². The molecule has 34 heavy (non-hydrogen) atoms. The van der Waals surface area contributed by atoms with Gasteiger partial charge in [0.1, 0.15) is 10.6 Å². The predicted molar refractivity (Wildman–Crippen MR) is 128 cm³/mol. The summed E-state index contributed by atoms with van der Waals surface area (Å²) in [5, 5.41) is 3.41. The number of carbonyl (C=O) groups is 3. The summed E-state index contributed by atoms with van der Waals surface area (Å²) >= 11 is 1.04. The standard InChI is InChI=1S/C25H22N4O4S/c1-15-12-16(2)27-25(26-15)34-21-20(28-19-11-7-10-18(13-19)24(32)33-3)22(30)29(23(21)31)14-17-8-5-4-6-9-17/h4-13,28H,14H2,1-3H3. The fraction of sp³-hybridized carbons (Fsp3) is 0.160. The Labute approximate surface area is 201 Å². The van der Waals surface area contributed by atoms with Gasteiger partial charge in [0.05, 0.1) is 19.2 Å². The zero-order chi connectivity index (χ0) is 24.2. The number of thioether (sulfide) groups is 1. The Balaban J connectivity index is 1.71. The number of ether oxygens (including phenoxy) is 1. The second-order valence-corrected chi connectivity index (χ2v) is 8.60. The molecule has 4 rings (SSSR count). The number of nitrogens with zero attached hydrogens (tertiary/aromatic N) is 3. The molecule has 3 aromatic rings. The molecule has 1 N–H and O–H groups in total. The lowest BCUT2D eigenvalue weighted by Crippen LogP contribution is -2.31. The average molecular weight is 475 g/mol. The molecule has 2 aromatic carbocycles. The lowest BCUT2D eigenvalue weighted by molar-refractivity contribution is -0.137. The van der Waals surface area contributed by atoms with Crippen molar-refractivity contribution in [2.24, 2.45) is 0 Å². The number of carbonyl (C=O) groups excluding carboxylic acids is 3. The number of amides is 2. The van der Waals surface area contributed by atoms with Crippen molar-refractivity contribution in [3.05, 3.63) is 93.8 Å². The van der Waals surface area contributed by atoms with Crippen LogP contribution < -0.4 is 5.32 Å². The first-order valence-corrected chi connectivity index (χ1v) is 11.3. The van der Waals surface area contributed by atoms with E-state index in [1.165, 1.54) is 12.0 Å². The van der Waals surface area contributed by atoms with E-state index in [2.05, 4.69) is 15.3 Å². The molecule has 8 nitrogen and oxygen atoms in total. The van der Waals surface area contributed by atoms with Crippen LogP contribution in [0, 0.1) is 13.8 Å². The molecular weight excluding hydrogens is 452 g/mol. The van der Waals surface area contributed by atoms with Crippen LogP contribution in [-0.4, -0.2) is 39.8 Å². The molecule has 2 heterocycles. The average Bonchev–Trinajstić information content (AvgIpc) is 3.03. The highest BCUT2D eigenvalue weighted by Crippen LogP contribution is 2.35. The van der Waals surface area contributed by atoms with Crippen LogP contribution in [0.5, 0.6) is 0 Å². The molecule has 0 fully saturated rings. The van der Waals surface area contributed by atoms with Gasteiger partial charge in [-0.3, -0.25) is 14.5 Å². The first-order valence-electron chi connectivity index (χ1n) is 10.5. The number of aromatic nitrogens is 2. The molecular formula is C25H22N4O4S. The van der Waals surface area contributed by atoms with Crippen LogP contribution in [0.3, 0.4) is 0 Å². The smallest absolute Gasteiger partial charge is 0.337 e. The van der Waals surface area contributed by atoms with E-state index in [9.17, 15) is 14.4 Å². The van der Waals surface area contributed by atoms with Crippen LogP contribution in [-0.2, 0) is 20.9 Å². The van der Waals surface area contributed by atoms with Crippen molar-refractivity contribution in [1.29, 1.82) is 0 Å². The van der Waals surface area contributed by atoms with E-state index in [-0.39, 0.29) is 17.1 Å². The van der Waals surface area contributed by atoms with Crippen LogP contribution in [0.15, 0.2) is 76.4 Å². The van der Waals surface area contributed by atoms with Gasteiger partial charge in [-0.25, -0.2) is 14.8 Å². The zero-order valence-electron chi connectivity index (χ0n) is 18.9. The molecule has 0 unspecified atom stereocenters. The number of esters is 1. The fourth-order valence-corrected chi connectivity index (χ4v) is 4.48. The number of aryl methyl sites for hydroxylation is 2. The van der Waals surface area contributed by atoms with Crippen molar-refractivity contribution in [3.8, 4) is 0 Å². The van der Waals surface area contributed by atoms with Gasteiger partial charge in [0.15, 0.2) is 5.16 Å². The minimum Gasteiger partial charge on any atom is -0.465 e. The summed E-state index contributed by atoms with van der Waals surface area (Å²) in [6.45, 7) is 3.81. The minimum absolute atomic E-state index is 0.107. The van der Waals surface area contributed by atoms with Crippen molar-refractivity contribution in [3.63, 3.8) is 0 Å². The van der Waals surface area contributed by atoms with E-state index < -0.39 is 17.8 Å². The molecule has 1 aliphatic heterocycles. The highest BCUT2D eigenvalue weighted by molar-refractivity contribution is 8.04. The molecule has 0 aliphatic carbocycles. The van der Waals surface area contributed by atoms with Crippen molar-refractivity contribution in [2.75, 3.05) is 12.4 Å². The highest BCUT2D eigenvalue weighted by Gasteiger charge is 2.39. The molecule has 2 amide bonds. The number of nitrogens with one attached hydrogen (secondary N) is 1. The van der Waals surface area contributed by atoms with E-state index in [0.29, 0.717) is 16.4 Å². The fourth-order valence-electron chi connectivity index (χ4n) is 3.48. The monoisotopic (exact) mass is 474 g/mol. The Bertz CT molecular complexity index is 1290. The highest BCUT2D eigenvalue weighted by atomic mass is 32.2. The Morgan fingerprint density at radius 2 is 1.68 bits per heavy atom. The zero-order valence-corrected chi connectivity index (χ0v) is 19.7. The molecule has 0 bridgehead atoms. The molecule has 9 heteroatoms. The summed E-state index contributed by atoms with van der Waals surface area (Å²) in [6, 6.07) is 17.6. The van der Waals surface area contributed by atoms with Gasteiger partial charge < -0.3 is 10.1 Å². The first kappa shape index (κ1) is 23.2. The molecule has 0 saturated heterocycles. The Hall–Kier alpha value is -3.98. The van der Waals surface area contributed by atoms with Gasteiger partial charge in [0.2, 0.25) is 0 Å². The summed E-state index contributed by atoms with van der Waals surface area (Å²) < 4.78 is 4.78. The molecule has 0 atom stereocenters. The largest absolute Gasteiger partial charge is 0.465 e. The van der Waals surface area contributed by atoms with Gasteiger partial charge in [-0.05, 0) is 55.4 Å². The van der Waals surface area contributed by atoms with Gasteiger partial charge in [0, 0.05) is 17.1 Å². The molecule has 0 saturated carbocycles. The van der Waals surface area contributed by atoms with Gasteiger partial charge >= 0.3 is 5.97 Å². The normalized spacial score (nSPS) is 13.4. The molecule has 0 spiro atoms. The number of imide groups is 1. The van der Waals surface area contributed by atoms with Gasteiger partial charge in [-0.2, -0.15) is 0 Å². The van der Waals surface area contributed by atoms with E-state index in [1.54, 1.807) is 24.3 Å². The number of benzene rings is 2. The third-order valence-corrected chi connectivity index (χ3v) is 5.97. The van der Waals surface area contributed by atoms with Gasteiger partial charge in [0.25, 0.3) is 11.8 Å². The molecule has 0 radical (unpaired) electrons. The Morgan fingerprint density at radius 3 is 2.35 bits per heavy atom. The van der Waals surface area contributed by atoms with Crippen LogP contribution in [0.4, 0.5) is 5.69 Å². The number of hydrogen-bond donors (Lipinski definition) is 1. The van der Waals surface area contributed by atoms with Crippen molar-refractivity contribution < 1.29 is 19.1 Å². The van der Waals surface area contributed by atoms with Crippen molar-refractivity contribution in [2.45, 2.75) is 25.5 Å². The summed E-state index contributed by atoms with van der Waals surface area (Å²) in [5.41, 5.74) is 3.24. The maximum absolute atomic E-state index is 13.4. The SMILES string of the molecule is COC(=O)c1cccc(NC2=C(Sc3nc(C)cc(C)n3)C(=O)N(Cc3ccccc3)C2=O)c1. The summed E-state index contributed by atoms with van der Waals surface area (Å²) in [4.78, 5) is 48.9. The molecule has 172 valence electrons. The maximum atomic E-state index is 13.4. The van der Waals surface area contributed by atoms with E-state index in [1.807, 2.05) is 50.2 Å². The third-order valence-electron chi connectivity index (χ3n) is 5.02. The summed E-state index contributed by atoms with van der Waals surface area (Å²) in [7, 11) is 1.30. The lowest BCUT2D eigenvalue weighted by Gasteiger charge is -2.15. The maximum Gasteiger partial charge on any atom is 0.337 e. The number of rotatable bonds is 7. The lowest BCUT2D eigenvalue weighted by atomic mass is 10.2. The first-order chi connectivity index (χ1) is 16.4.